The normalized spacial score (nSPS) is 21.0. The van der Waals surface area contributed by atoms with Crippen molar-refractivity contribution in [2.24, 2.45) is 11.7 Å². The summed E-state index contributed by atoms with van der Waals surface area (Å²) >= 11 is 0. The fourth-order valence-electron chi connectivity index (χ4n) is 5.25. The van der Waals surface area contributed by atoms with Crippen LogP contribution in [0.4, 0.5) is 5.82 Å². The predicted octanol–water partition coefficient (Wildman–Crippen LogP) is 2.94. The number of aromatic nitrogens is 3. The molecule has 0 radical (unpaired) electrons. The van der Waals surface area contributed by atoms with E-state index in [2.05, 4.69) is 51.7 Å². The number of hydrogen-bond acceptors (Lipinski definition) is 5. The van der Waals surface area contributed by atoms with Gasteiger partial charge in [-0.3, -0.25) is 19.1 Å². The lowest BCUT2D eigenvalue weighted by atomic mass is 9.91. The van der Waals surface area contributed by atoms with Crippen LogP contribution in [0.3, 0.4) is 0 Å². The highest BCUT2D eigenvalue weighted by Crippen LogP contribution is 2.33. The molecule has 1 fully saturated rings. The van der Waals surface area contributed by atoms with Gasteiger partial charge in [-0.15, -0.1) is 0 Å². The van der Waals surface area contributed by atoms with Gasteiger partial charge in [-0.1, -0.05) is 12.1 Å². The van der Waals surface area contributed by atoms with Gasteiger partial charge in [-0.2, -0.15) is 0 Å². The minimum atomic E-state index is -0.211. The topological polar surface area (TPSA) is 79.8 Å². The largest absolute Gasteiger partial charge is 0.370 e. The van der Waals surface area contributed by atoms with Gasteiger partial charge in [0.2, 0.25) is 5.91 Å². The van der Waals surface area contributed by atoms with Gasteiger partial charge in [0.15, 0.2) is 0 Å². The average Bonchev–Trinajstić information content (AvgIpc) is 3.39. The molecule has 2 aliphatic rings. The maximum atomic E-state index is 11.3. The standard InChI is InChI=1S/C24H30N6O/c1-28(20-7-2-5-18-6-4-11-26-24(18)20)15-19-16-30-22(27-19)8-3-9-23(30)29-12-10-17(14-29)13-21(25)31/h3-4,6,8-9,11,16-17,20H,2,5,7,10,12-15H2,1H3,(H2,25,31)/t17-,20+/m1/s1. The number of nitrogens with two attached hydrogens (primary N) is 1. The first-order chi connectivity index (χ1) is 15.1. The summed E-state index contributed by atoms with van der Waals surface area (Å²) in [5, 5.41) is 0. The van der Waals surface area contributed by atoms with Crippen LogP contribution in [0, 0.1) is 5.92 Å². The first-order valence-electron chi connectivity index (χ1n) is 11.2. The van der Waals surface area contributed by atoms with E-state index in [4.69, 9.17) is 15.7 Å². The molecule has 31 heavy (non-hydrogen) atoms. The fraction of sp³-hybridized carbons (Fsp3) is 0.458. The Balaban J connectivity index is 1.35. The minimum absolute atomic E-state index is 0.211. The van der Waals surface area contributed by atoms with Gasteiger partial charge >= 0.3 is 0 Å². The fourth-order valence-corrected chi connectivity index (χ4v) is 5.25. The number of pyridine rings is 2. The van der Waals surface area contributed by atoms with Crippen LogP contribution in [0.1, 0.15) is 48.7 Å². The Morgan fingerprint density at radius 2 is 2.16 bits per heavy atom. The molecule has 5 rings (SSSR count). The zero-order chi connectivity index (χ0) is 21.4. The second kappa shape index (κ2) is 8.30. The zero-order valence-corrected chi connectivity index (χ0v) is 18.1. The van der Waals surface area contributed by atoms with E-state index in [0.29, 0.717) is 18.4 Å². The predicted molar refractivity (Wildman–Crippen MR) is 121 cm³/mol. The van der Waals surface area contributed by atoms with Crippen LogP contribution in [0.5, 0.6) is 0 Å². The number of nitrogens with zero attached hydrogens (tertiary/aromatic N) is 5. The lowest BCUT2D eigenvalue weighted by molar-refractivity contribution is -0.118. The molecule has 7 nitrogen and oxygen atoms in total. The van der Waals surface area contributed by atoms with E-state index in [1.165, 1.54) is 17.7 Å². The highest BCUT2D eigenvalue weighted by Gasteiger charge is 2.27. The third-order valence-electron chi connectivity index (χ3n) is 6.73. The summed E-state index contributed by atoms with van der Waals surface area (Å²) in [6.07, 6.45) is 8.98. The summed E-state index contributed by atoms with van der Waals surface area (Å²) < 4.78 is 2.18. The van der Waals surface area contributed by atoms with Crippen molar-refractivity contribution in [3.05, 3.63) is 59.7 Å². The monoisotopic (exact) mass is 418 g/mol. The first-order valence-corrected chi connectivity index (χ1v) is 11.2. The van der Waals surface area contributed by atoms with Crippen LogP contribution in [0.2, 0.25) is 0 Å². The Hall–Kier alpha value is -2.93. The second-order valence-corrected chi connectivity index (χ2v) is 8.99. The Labute approximate surface area is 182 Å². The summed E-state index contributed by atoms with van der Waals surface area (Å²) in [6, 6.07) is 10.8. The number of rotatable bonds is 6. The van der Waals surface area contributed by atoms with E-state index < -0.39 is 0 Å². The van der Waals surface area contributed by atoms with Gasteiger partial charge in [0.25, 0.3) is 0 Å². The first kappa shape index (κ1) is 20.0. The number of primary amides is 1. The van der Waals surface area contributed by atoms with Crippen molar-refractivity contribution >= 4 is 17.4 Å². The van der Waals surface area contributed by atoms with Crippen molar-refractivity contribution in [1.82, 2.24) is 19.3 Å². The highest BCUT2D eigenvalue weighted by molar-refractivity contribution is 5.74. The maximum absolute atomic E-state index is 11.3. The highest BCUT2D eigenvalue weighted by atomic mass is 16.1. The number of amides is 1. The zero-order valence-electron chi connectivity index (χ0n) is 18.1. The van der Waals surface area contributed by atoms with Gasteiger partial charge in [0.05, 0.1) is 17.4 Å². The van der Waals surface area contributed by atoms with E-state index in [-0.39, 0.29) is 5.91 Å². The van der Waals surface area contributed by atoms with Gasteiger partial charge in [0.1, 0.15) is 11.5 Å². The molecule has 0 aromatic carbocycles. The van der Waals surface area contributed by atoms with E-state index in [1.54, 1.807) is 0 Å². The van der Waals surface area contributed by atoms with Crippen molar-refractivity contribution in [3.63, 3.8) is 0 Å². The van der Waals surface area contributed by atoms with E-state index in [1.807, 2.05) is 12.3 Å². The summed E-state index contributed by atoms with van der Waals surface area (Å²) in [6.45, 7) is 2.58. The van der Waals surface area contributed by atoms with Crippen molar-refractivity contribution in [2.75, 3.05) is 25.0 Å². The summed E-state index contributed by atoms with van der Waals surface area (Å²) in [5.74, 6) is 1.26. The molecule has 2 N–H and O–H groups in total. The molecule has 0 unspecified atom stereocenters. The molecule has 0 spiro atoms. The Bertz CT molecular complexity index is 1090. The van der Waals surface area contributed by atoms with Gasteiger partial charge in [0, 0.05) is 38.4 Å². The number of imidazole rings is 1. The number of fused-ring (bicyclic) bond motifs is 2. The van der Waals surface area contributed by atoms with Crippen molar-refractivity contribution in [3.8, 4) is 0 Å². The smallest absolute Gasteiger partial charge is 0.217 e. The molecule has 162 valence electrons. The maximum Gasteiger partial charge on any atom is 0.217 e. The molecular formula is C24H30N6O. The summed E-state index contributed by atoms with van der Waals surface area (Å²) in [4.78, 5) is 25.6. The molecule has 1 aliphatic heterocycles. The van der Waals surface area contributed by atoms with Crippen LogP contribution in [-0.4, -0.2) is 45.3 Å². The van der Waals surface area contributed by atoms with Crippen molar-refractivity contribution in [1.29, 1.82) is 0 Å². The lowest BCUT2D eigenvalue weighted by Crippen LogP contribution is -2.28. The number of carbonyl (C=O) groups excluding carboxylic acids is 1. The van der Waals surface area contributed by atoms with Gasteiger partial charge in [-0.05, 0) is 62.4 Å². The van der Waals surface area contributed by atoms with Crippen LogP contribution in [0.15, 0.2) is 42.7 Å². The molecule has 7 heteroatoms. The van der Waals surface area contributed by atoms with E-state index in [9.17, 15) is 4.79 Å². The Morgan fingerprint density at radius 1 is 1.26 bits per heavy atom. The van der Waals surface area contributed by atoms with Gasteiger partial charge < -0.3 is 10.6 Å². The molecule has 1 amide bonds. The molecule has 1 saturated heterocycles. The van der Waals surface area contributed by atoms with Crippen LogP contribution < -0.4 is 10.6 Å². The number of hydrogen-bond donors (Lipinski definition) is 1. The molecule has 4 heterocycles. The Morgan fingerprint density at radius 3 is 3.03 bits per heavy atom. The third kappa shape index (κ3) is 4.02. The van der Waals surface area contributed by atoms with Crippen LogP contribution in [-0.2, 0) is 17.8 Å². The van der Waals surface area contributed by atoms with Crippen LogP contribution in [0.25, 0.3) is 5.65 Å². The van der Waals surface area contributed by atoms with Crippen LogP contribution >= 0.6 is 0 Å². The minimum Gasteiger partial charge on any atom is -0.370 e. The molecular weight excluding hydrogens is 388 g/mol. The van der Waals surface area contributed by atoms with E-state index >= 15 is 0 Å². The quantitative estimate of drug-likeness (QED) is 0.666. The summed E-state index contributed by atoms with van der Waals surface area (Å²) in [7, 11) is 2.17. The van der Waals surface area contributed by atoms with Crippen molar-refractivity contribution in [2.45, 2.75) is 44.7 Å². The van der Waals surface area contributed by atoms with E-state index in [0.717, 1.165) is 56.1 Å². The third-order valence-corrected chi connectivity index (χ3v) is 6.73. The van der Waals surface area contributed by atoms with Gasteiger partial charge in [-0.25, -0.2) is 4.98 Å². The number of anilines is 1. The molecule has 3 aromatic heterocycles. The SMILES string of the molecule is CN(Cc1cn2c(N3CC[C@H](CC(N)=O)C3)cccc2n1)[C@H]1CCCc2cccnc21. The average molecular weight is 419 g/mol. The molecule has 0 bridgehead atoms. The molecule has 1 aliphatic carbocycles. The molecule has 2 atom stereocenters. The summed E-state index contributed by atoms with van der Waals surface area (Å²) in [5.41, 5.74) is 10.0. The lowest BCUT2D eigenvalue weighted by Gasteiger charge is -2.31. The van der Waals surface area contributed by atoms with Crippen molar-refractivity contribution < 1.29 is 4.79 Å². The number of aryl methyl sites for hydroxylation is 1. The number of carbonyl (C=O) groups is 1. The molecule has 3 aromatic rings. The Kier molecular flexibility index (Phi) is 5.36. The second-order valence-electron chi connectivity index (χ2n) is 8.99. The molecule has 0 saturated carbocycles.